The molecule has 84 valence electrons. The summed E-state index contributed by atoms with van der Waals surface area (Å²) in [6, 6.07) is 0. The fraction of sp³-hybridized carbons (Fsp3) is 0.455. The minimum atomic E-state index is -0.579. The number of hydrogen-bond donors (Lipinski definition) is 0. The first-order valence-corrected chi connectivity index (χ1v) is 3.25. The molecule has 0 radical (unpaired) electrons. The highest BCUT2D eigenvalue weighted by atomic mass is 16.6. The van der Waals surface area contributed by atoms with Gasteiger partial charge in [-0.2, -0.15) is 0 Å². The molecule has 3 heteroatoms. The molecular formula is C11H22O3. The molecule has 0 unspecified atom stereocenters. The normalized spacial score (nSPS) is 10.6. The molecule has 0 aromatic rings. The van der Waals surface area contributed by atoms with Crippen LogP contribution in [0.3, 0.4) is 0 Å². The Hall–Kier alpha value is -1.38. The molecule has 1 aliphatic heterocycles. The van der Waals surface area contributed by atoms with Crippen LogP contribution in [0.5, 0.6) is 0 Å². The highest BCUT2D eigenvalue weighted by molar-refractivity contribution is 6.04. The number of rotatable bonds is 1. The minimum Gasteiger partial charge on any atom is -0.387 e. The third-order valence-electron chi connectivity index (χ3n) is 0.845. The van der Waals surface area contributed by atoms with Crippen LogP contribution in [0.2, 0.25) is 0 Å². The minimum absolute atomic E-state index is 0. The molecule has 0 atom stereocenters. The van der Waals surface area contributed by atoms with Crippen molar-refractivity contribution in [2.24, 2.45) is 0 Å². The topological polar surface area (TPSA) is 43.4 Å². The van der Waals surface area contributed by atoms with E-state index >= 15 is 0 Å². The van der Waals surface area contributed by atoms with Gasteiger partial charge in [-0.05, 0) is 6.42 Å². The Bertz CT molecular complexity index is 177. The molecule has 1 rings (SSSR count). The van der Waals surface area contributed by atoms with Gasteiger partial charge in [-0.25, -0.2) is 9.59 Å². The van der Waals surface area contributed by atoms with E-state index in [2.05, 4.69) is 18.2 Å². The maximum Gasteiger partial charge on any atom is 0.338 e. The summed E-state index contributed by atoms with van der Waals surface area (Å²) in [6.07, 6.45) is 5.13. The maximum atomic E-state index is 9.92. The van der Waals surface area contributed by atoms with Crippen molar-refractivity contribution in [3.63, 3.8) is 0 Å². The van der Waals surface area contributed by atoms with Gasteiger partial charge in [0, 0.05) is 12.2 Å². The van der Waals surface area contributed by atoms with E-state index < -0.39 is 11.9 Å². The van der Waals surface area contributed by atoms with Crippen LogP contribution >= 0.6 is 0 Å². The zero-order valence-electron chi connectivity index (χ0n) is 6.37. The van der Waals surface area contributed by atoms with E-state index in [4.69, 9.17) is 0 Å². The predicted octanol–water partition coefficient (Wildman–Crippen LogP) is 3.12. The van der Waals surface area contributed by atoms with E-state index in [1.807, 2.05) is 6.08 Å². The fourth-order valence-electron chi connectivity index (χ4n) is 0.303. The summed E-state index contributed by atoms with van der Waals surface area (Å²) in [5.41, 5.74) is 0. The highest BCUT2D eigenvalue weighted by Gasteiger charge is 2.10. The molecule has 0 spiro atoms. The number of carbonyl (C=O) groups is 2. The standard InChI is InChI=1S/C4H2O3.C4H8.3CH4/c5-3-1-2-4(6)7-3;1-3-4-2;;;/h1-2H;3H,1,4H2,2H3;3*1H4. The fourth-order valence-corrected chi connectivity index (χ4v) is 0.303. The first-order valence-electron chi connectivity index (χ1n) is 3.25. The van der Waals surface area contributed by atoms with Crippen molar-refractivity contribution >= 4 is 11.9 Å². The van der Waals surface area contributed by atoms with Crippen molar-refractivity contribution < 1.29 is 14.3 Å². The van der Waals surface area contributed by atoms with Gasteiger partial charge < -0.3 is 4.74 Å². The molecule has 0 aromatic carbocycles. The average molecular weight is 202 g/mol. The first kappa shape index (κ1) is 22.9. The maximum absolute atomic E-state index is 9.92. The van der Waals surface area contributed by atoms with Gasteiger partial charge in [-0.1, -0.05) is 35.3 Å². The number of cyclic esters (lactones) is 2. The van der Waals surface area contributed by atoms with Crippen LogP contribution in [-0.2, 0) is 14.3 Å². The van der Waals surface area contributed by atoms with Gasteiger partial charge in [0.25, 0.3) is 0 Å². The van der Waals surface area contributed by atoms with Crippen LogP contribution in [0.25, 0.3) is 0 Å². The molecule has 0 N–H and O–H groups in total. The van der Waals surface area contributed by atoms with Gasteiger partial charge in [-0.3, -0.25) is 0 Å². The Morgan fingerprint density at radius 2 is 1.50 bits per heavy atom. The number of allylic oxidation sites excluding steroid dienone is 1. The number of hydrogen-bond acceptors (Lipinski definition) is 3. The third-order valence-corrected chi connectivity index (χ3v) is 0.845. The molecule has 3 nitrogen and oxygen atoms in total. The van der Waals surface area contributed by atoms with E-state index in [1.54, 1.807) is 0 Å². The van der Waals surface area contributed by atoms with Crippen molar-refractivity contribution in [2.45, 2.75) is 35.6 Å². The zero-order chi connectivity index (χ0) is 8.69. The lowest BCUT2D eigenvalue weighted by molar-refractivity contribution is -0.150. The van der Waals surface area contributed by atoms with Gasteiger partial charge in [0.15, 0.2) is 0 Å². The Morgan fingerprint density at radius 1 is 1.21 bits per heavy atom. The number of carbonyl (C=O) groups excluding carboxylic acids is 2. The lowest BCUT2D eigenvalue weighted by Crippen LogP contribution is -1.96. The molecular weight excluding hydrogens is 180 g/mol. The van der Waals surface area contributed by atoms with Crippen LogP contribution in [0.15, 0.2) is 24.8 Å². The molecule has 1 heterocycles. The summed E-state index contributed by atoms with van der Waals surface area (Å²) in [7, 11) is 0. The van der Waals surface area contributed by atoms with Crippen LogP contribution in [0, 0.1) is 0 Å². The summed E-state index contributed by atoms with van der Waals surface area (Å²) < 4.78 is 3.97. The molecule has 14 heavy (non-hydrogen) atoms. The van der Waals surface area contributed by atoms with Gasteiger partial charge in [0.2, 0.25) is 0 Å². The van der Waals surface area contributed by atoms with Crippen LogP contribution in [-0.4, -0.2) is 11.9 Å². The second-order valence-corrected chi connectivity index (χ2v) is 1.77. The van der Waals surface area contributed by atoms with Crippen molar-refractivity contribution in [1.82, 2.24) is 0 Å². The second-order valence-electron chi connectivity index (χ2n) is 1.77. The van der Waals surface area contributed by atoms with E-state index in [1.165, 1.54) is 0 Å². The second kappa shape index (κ2) is 14.2. The van der Waals surface area contributed by atoms with E-state index in [9.17, 15) is 9.59 Å². The Labute approximate surface area is 87.5 Å². The number of ether oxygens (including phenoxy) is 1. The summed E-state index contributed by atoms with van der Waals surface area (Å²) in [5.74, 6) is -1.16. The van der Waals surface area contributed by atoms with E-state index in [-0.39, 0.29) is 22.3 Å². The predicted molar refractivity (Wildman–Crippen MR) is 60.9 cm³/mol. The Kier molecular flexibility index (Phi) is 23.2. The molecule has 0 saturated carbocycles. The molecule has 1 aliphatic rings. The summed E-state index contributed by atoms with van der Waals surface area (Å²) in [6.45, 7) is 5.54. The average Bonchev–Trinajstić information content (AvgIpc) is 2.35. The highest BCUT2D eigenvalue weighted by Crippen LogP contribution is 1.92. The lowest BCUT2D eigenvalue weighted by atomic mass is 10.5. The molecule has 0 amide bonds. The lowest BCUT2D eigenvalue weighted by Gasteiger charge is -1.80. The largest absolute Gasteiger partial charge is 0.387 e. The summed E-state index contributed by atoms with van der Waals surface area (Å²) >= 11 is 0. The molecule has 0 aliphatic carbocycles. The van der Waals surface area contributed by atoms with Crippen molar-refractivity contribution in [3.8, 4) is 0 Å². The number of esters is 2. The van der Waals surface area contributed by atoms with Crippen LogP contribution in [0.4, 0.5) is 0 Å². The van der Waals surface area contributed by atoms with Gasteiger partial charge in [0.1, 0.15) is 0 Å². The van der Waals surface area contributed by atoms with Crippen molar-refractivity contribution in [2.75, 3.05) is 0 Å². The smallest absolute Gasteiger partial charge is 0.338 e. The summed E-state index contributed by atoms with van der Waals surface area (Å²) in [4.78, 5) is 19.8. The van der Waals surface area contributed by atoms with E-state index in [0.29, 0.717) is 0 Å². The van der Waals surface area contributed by atoms with Crippen LogP contribution < -0.4 is 0 Å². The molecule has 0 bridgehead atoms. The molecule has 0 saturated heterocycles. The third kappa shape index (κ3) is 13.2. The monoisotopic (exact) mass is 202 g/mol. The first-order chi connectivity index (χ1) is 5.20. The molecule has 0 aromatic heterocycles. The zero-order valence-corrected chi connectivity index (χ0v) is 6.37. The SMILES string of the molecule is C.C.C.C=CCC.O=C1C=CC(=O)O1. The van der Waals surface area contributed by atoms with Gasteiger partial charge in [-0.15, -0.1) is 6.58 Å². The van der Waals surface area contributed by atoms with Crippen molar-refractivity contribution in [1.29, 1.82) is 0 Å². The van der Waals surface area contributed by atoms with E-state index in [0.717, 1.165) is 18.6 Å². The van der Waals surface area contributed by atoms with Crippen LogP contribution in [0.1, 0.15) is 35.6 Å². The van der Waals surface area contributed by atoms with Gasteiger partial charge >= 0.3 is 11.9 Å². The van der Waals surface area contributed by atoms with Gasteiger partial charge in [0.05, 0.1) is 0 Å². The summed E-state index contributed by atoms with van der Waals surface area (Å²) in [5, 5.41) is 0. The van der Waals surface area contributed by atoms with Crippen molar-refractivity contribution in [3.05, 3.63) is 24.8 Å². The Balaban J connectivity index is -0.0000000650. The quantitative estimate of drug-likeness (QED) is 0.373. The molecule has 0 fully saturated rings. The Morgan fingerprint density at radius 3 is 1.57 bits per heavy atom.